The van der Waals surface area contributed by atoms with Crippen LogP contribution >= 0.6 is 0 Å². The molecule has 0 radical (unpaired) electrons. The van der Waals surface area contributed by atoms with Gasteiger partial charge in [-0.1, -0.05) is 6.92 Å². The van der Waals surface area contributed by atoms with Crippen molar-refractivity contribution < 1.29 is 0 Å². The van der Waals surface area contributed by atoms with Crippen molar-refractivity contribution in [3.63, 3.8) is 0 Å². The minimum absolute atomic E-state index is 0.122. The second kappa shape index (κ2) is 3.15. The average molecular weight is 209 g/mol. The molecule has 2 rings (SSSR count). The van der Waals surface area contributed by atoms with E-state index in [2.05, 4.69) is 17.3 Å². The highest BCUT2D eigenvalue weighted by molar-refractivity contribution is 5.45. The van der Waals surface area contributed by atoms with E-state index >= 15 is 0 Å². The molecule has 0 aromatic carbocycles. The first kappa shape index (κ1) is 10.3. The maximum absolute atomic E-state index is 12.1. The van der Waals surface area contributed by atoms with Crippen LogP contribution in [0.1, 0.15) is 33.3 Å². The van der Waals surface area contributed by atoms with Crippen molar-refractivity contribution in [1.82, 2.24) is 9.78 Å². The summed E-state index contributed by atoms with van der Waals surface area (Å²) in [5.41, 5.74) is 0.847. The third kappa shape index (κ3) is 1.68. The zero-order chi connectivity index (χ0) is 11.2. The number of H-pyrrole nitrogens is 1. The van der Waals surface area contributed by atoms with Crippen LogP contribution in [-0.4, -0.2) is 16.3 Å². The number of hydrogen-bond acceptors (Lipinski definition) is 2. The van der Waals surface area contributed by atoms with Gasteiger partial charge in [0.2, 0.25) is 0 Å². The Balaban J connectivity index is 2.51. The van der Waals surface area contributed by atoms with E-state index in [9.17, 15) is 4.79 Å². The normalized spacial score (nSPS) is 20.9. The third-order valence-corrected chi connectivity index (χ3v) is 2.84. The van der Waals surface area contributed by atoms with Crippen molar-refractivity contribution in [2.75, 3.05) is 11.9 Å². The number of anilines is 1. The van der Waals surface area contributed by atoms with Crippen molar-refractivity contribution in [1.29, 1.82) is 0 Å². The molecular formula is C11H19N3O. The van der Waals surface area contributed by atoms with Crippen LogP contribution < -0.4 is 10.9 Å². The summed E-state index contributed by atoms with van der Waals surface area (Å²) in [5.74, 6) is 1.45. The topological polar surface area (TPSA) is 49.8 Å². The molecule has 0 fully saturated rings. The molecule has 15 heavy (non-hydrogen) atoms. The Bertz CT molecular complexity index is 422. The molecule has 2 N–H and O–H groups in total. The monoisotopic (exact) mass is 209 g/mol. The first-order valence-corrected chi connectivity index (χ1v) is 5.48. The SMILES string of the molecule is C[C@@H]1CNc2[nH]n(C(C)(C)C)c(=O)c2C1. The number of nitrogens with zero attached hydrogens (tertiary/aromatic N) is 1. The molecule has 0 saturated heterocycles. The molecular weight excluding hydrogens is 190 g/mol. The van der Waals surface area contributed by atoms with Crippen LogP contribution in [-0.2, 0) is 12.0 Å². The van der Waals surface area contributed by atoms with Gasteiger partial charge in [-0.3, -0.25) is 9.89 Å². The lowest BCUT2D eigenvalue weighted by molar-refractivity contribution is 0.346. The van der Waals surface area contributed by atoms with E-state index in [0.29, 0.717) is 5.92 Å². The van der Waals surface area contributed by atoms with Crippen molar-refractivity contribution in [2.24, 2.45) is 5.92 Å². The van der Waals surface area contributed by atoms with Gasteiger partial charge in [0.1, 0.15) is 5.82 Å². The fourth-order valence-corrected chi connectivity index (χ4v) is 1.98. The summed E-state index contributed by atoms with van der Waals surface area (Å²) in [6, 6.07) is 0. The molecule has 4 nitrogen and oxygen atoms in total. The van der Waals surface area contributed by atoms with Crippen LogP contribution in [0.15, 0.2) is 4.79 Å². The van der Waals surface area contributed by atoms with Crippen molar-refractivity contribution in [3.8, 4) is 0 Å². The molecule has 0 unspecified atom stereocenters. The van der Waals surface area contributed by atoms with E-state index in [1.807, 2.05) is 20.8 Å². The molecule has 84 valence electrons. The zero-order valence-electron chi connectivity index (χ0n) is 9.85. The van der Waals surface area contributed by atoms with E-state index < -0.39 is 0 Å². The van der Waals surface area contributed by atoms with Crippen molar-refractivity contribution >= 4 is 5.82 Å². The van der Waals surface area contributed by atoms with E-state index in [0.717, 1.165) is 24.3 Å². The Labute approximate surface area is 89.7 Å². The Morgan fingerprint density at radius 3 is 2.67 bits per heavy atom. The molecule has 0 bridgehead atoms. The maximum atomic E-state index is 12.1. The van der Waals surface area contributed by atoms with E-state index in [1.165, 1.54) is 0 Å². The second-order valence-electron chi connectivity index (χ2n) is 5.47. The first-order valence-electron chi connectivity index (χ1n) is 5.48. The smallest absolute Gasteiger partial charge is 0.272 e. The van der Waals surface area contributed by atoms with E-state index in [1.54, 1.807) is 4.68 Å². The average Bonchev–Trinajstić information content (AvgIpc) is 2.43. The summed E-state index contributed by atoms with van der Waals surface area (Å²) in [6.45, 7) is 9.18. The Hall–Kier alpha value is -1.19. The quantitative estimate of drug-likeness (QED) is 0.681. The molecule has 0 spiro atoms. The highest BCUT2D eigenvalue weighted by Gasteiger charge is 2.25. The fourth-order valence-electron chi connectivity index (χ4n) is 1.98. The summed E-state index contributed by atoms with van der Waals surface area (Å²) < 4.78 is 1.71. The van der Waals surface area contributed by atoms with Crippen LogP contribution in [0, 0.1) is 5.92 Å². The maximum Gasteiger partial charge on any atom is 0.272 e. The predicted octanol–water partition coefficient (Wildman–Crippen LogP) is 1.54. The van der Waals surface area contributed by atoms with Crippen LogP contribution in [0.3, 0.4) is 0 Å². The van der Waals surface area contributed by atoms with Gasteiger partial charge in [0, 0.05) is 6.54 Å². The molecule has 1 aliphatic heterocycles. The lowest BCUT2D eigenvalue weighted by Gasteiger charge is -2.19. The third-order valence-electron chi connectivity index (χ3n) is 2.84. The van der Waals surface area contributed by atoms with Gasteiger partial charge < -0.3 is 5.32 Å². The fraction of sp³-hybridized carbons (Fsp3) is 0.727. The molecule has 1 aliphatic rings. The van der Waals surface area contributed by atoms with Crippen LogP contribution in [0.2, 0.25) is 0 Å². The highest BCUT2D eigenvalue weighted by atomic mass is 16.1. The second-order valence-corrected chi connectivity index (χ2v) is 5.47. The number of aromatic nitrogens is 2. The minimum atomic E-state index is -0.181. The molecule has 1 atom stereocenters. The van der Waals surface area contributed by atoms with Gasteiger partial charge in [0.05, 0.1) is 11.1 Å². The molecule has 0 saturated carbocycles. The Kier molecular flexibility index (Phi) is 2.17. The van der Waals surface area contributed by atoms with Crippen molar-refractivity contribution in [2.45, 2.75) is 39.7 Å². The van der Waals surface area contributed by atoms with Gasteiger partial charge in [-0.05, 0) is 33.1 Å². The number of fused-ring (bicyclic) bond motifs is 1. The molecule has 1 aromatic heterocycles. The number of nitrogens with one attached hydrogen (secondary N) is 2. The lowest BCUT2D eigenvalue weighted by atomic mass is 9.99. The zero-order valence-corrected chi connectivity index (χ0v) is 9.85. The van der Waals surface area contributed by atoms with Gasteiger partial charge in [-0.15, -0.1) is 0 Å². The van der Waals surface area contributed by atoms with Gasteiger partial charge >= 0.3 is 0 Å². The van der Waals surface area contributed by atoms with Crippen LogP contribution in [0.4, 0.5) is 5.82 Å². The van der Waals surface area contributed by atoms with Crippen LogP contribution in [0.25, 0.3) is 0 Å². The molecule has 0 aliphatic carbocycles. The molecule has 4 heteroatoms. The first-order chi connectivity index (χ1) is 6.89. The number of rotatable bonds is 0. The van der Waals surface area contributed by atoms with Gasteiger partial charge in [0.25, 0.3) is 5.56 Å². The van der Waals surface area contributed by atoms with Gasteiger partial charge in [-0.25, -0.2) is 4.68 Å². The number of aromatic amines is 1. The predicted molar refractivity (Wildman–Crippen MR) is 61.4 cm³/mol. The Morgan fingerprint density at radius 2 is 2.07 bits per heavy atom. The summed E-state index contributed by atoms with van der Waals surface area (Å²) in [7, 11) is 0. The van der Waals surface area contributed by atoms with Gasteiger partial charge in [0.15, 0.2) is 0 Å². The molecule has 0 amide bonds. The summed E-state index contributed by atoms with van der Waals surface area (Å²) in [5, 5.41) is 6.42. The highest BCUT2D eigenvalue weighted by Crippen LogP contribution is 2.21. The van der Waals surface area contributed by atoms with E-state index in [4.69, 9.17) is 0 Å². The largest absolute Gasteiger partial charge is 0.370 e. The van der Waals surface area contributed by atoms with E-state index in [-0.39, 0.29) is 11.1 Å². The lowest BCUT2D eigenvalue weighted by Crippen LogP contribution is -2.33. The molecule has 1 aromatic rings. The van der Waals surface area contributed by atoms with Crippen molar-refractivity contribution in [3.05, 3.63) is 15.9 Å². The van der Waals surface area contributed by atoms with Crippen LogP contribution in [0.5, 0.6) is 0 Å². The number of hydrogen-bond donors (Lipinski definition) is 2. The Morgan fingerprint density at radius 1 is 1.40 bits per heavy atom. The summed E-state index contributed by atoms with van der Waals surface area (Å²) >= 11 is 0. The summed E-state index contributed by atoms with van der Waals surface area (Å²) in [4.78, 5) is 12.1. The molecule has 2 heterocycles. The summed E-state index contributed by atoms with van der Waals surface area (Å²) in [6.07, 6.45) is 0.876. The standard InChI is InChI=1S/C11H19N3O/c1-7-5-8-9(12-6-7)13-14(10(8)15)11(2,3)4/h7,12-13H,5-6H2,1-4H3/t7-/m0/s1. The minimum Gasteiger partial charge on any atom is -0.370 e. The van der Waals surface area contributed by atoms with Gasteiger partial charge in [-0.2, -0.15) is 0 Å².